The van der Waals surface area contributed by atoms with Crippen LogP contribution in [-0.2, 0) is 15.7 Å². The van der Waals surface area contributed by atoms with Crippen LogP contribution in [0.5, 0.6) is 5.88 Å². The van der Waals surface area contributed by atoms with E-state index in [1.807, 2.05) is 13.8 Å². The van der Waals surface area contributed by atoms with E-state index in [1.165, 1.54) is 29.9 Å². The summed E-state index contributed by atoms with van der Waals surface area (Å²) in [5.41, 5.74) is 0.188. The molecule has 1 amide bonds. The number of benzene rings is 1. The number of nitrogens with zero attached hydrogens (tertiary/aromatic N) is 4. The van der Waals surface area contributed by atoms with Gasteiger partial charge in [0.1, 0.15) is 12.7 Å². The summed E-state index contributed by atoms with van der Waals surface area (Å²) in [6.07, 6.45) is -2.29. The highest BCUT2D eigenvalue weighted by atomic mass is 19.4. The predicted octanol–water partition coefficient (Wildman–Crippen LogP) is 5.21. The molecular weight excluding hydrogens is 515 g/mol. The third-order valence-electron chi connectivity index (χ3n) is 6.43. The Morgan fingerprint density at radius 3 is 2.72 bits per heavy atom. The van der Waals surface area contributed by atoms with Gasteiger partial charge in [-0.25, -0.2) is 14.5 Å². The quantitative estimate of drug-likeness (QED) is 0.358. The van der Waals surface area contributed by atoms with Crippen molar-refractivity contribution in [3.8, 4) is 17.1 Å². The maximum absolute atomic E-state index is 14.2. The van der Waals surface area contributed by atoms with Gasteiger partial charge in [0, 0.05) is 17.8 Å². The van der Waals surface area contributed by atoms with Gasteiger partial charge in [-0.1, -0.05) is 6.07 Å². The number of fused-ring (bicyclic) bond motifs is 1. The molecule has 0 radical (unpaired) electrons. The number of imidazole rings is 1. The Kier molecular flexibility index (Phi) is 6.77. The van der Waals surface area contributed by atoms with Crippen molar-refractivity contribution in [1.29, 1.82) is 0 Å². The van der Waals surface area contributed by atoms with Crippen molar-refractivity contribution < 1.29 is 32.2 Å². The number of ether oxygens (including phenoxy) is 3. The average molecular weight is 542 g/mol. The molecular formula is C27H26F3N5O4. The fourth-order valence-corrected chi connectivity index (χ4v) is 4.49. The molecule has 0 unspecified atom stereocenters. The monoisotopic (exact) mass is 541 g/mol. The molecule has 0 aliphatic carbocycles. The van der Waals surface area contributed by atoms with E-state index < -0.39 is 29.1 Å². The third-order valence-corrected chi connectivity index (χ3v) is 6.43. The molecule has 1 fully saturated rings. The second kappa shape index (κ2) is 9.93. The second-order valence-corrected chi connectivity index (χ2v) is 9.61. The number of hydrogen-bond acceptors (Lipinski definition) is 7. The summed E-state index contributed by atoms with van der Waals surface area (Å²) >= 11 is 0. The van der Waals surface area contributed by atoms with Gasteiger partial charge in [0.05, 0.1) is 29.7 Å². The number of alkyl halides is 3. The maximum Gasteiger partial charge on any atom is 0.418 e. The first-order valence-corrected chi connectivity index (χ1v) is 12.2. The number of aromatic nitrogens is 4. The fraction of sp³-hybridized carbons (Fsp3) is 0.333. The molecule has 39 heavy (non-hydrogen) atoms. The molecule has 204 valence electrons. The Labute approximate surface area is 221 Å². The van der Waals surface area contributed by atoms with Crippen molar-refractivity contribution in [2.75, 3.05) is 18.5 Å². The number of hydrogen-bond donors (Lipinski definition) is 1. The molecule has 1 saturated heterocycles. The number of halogens is 3. The van der Waals surface area contributed by atoms with Crippen LogP contribution in [0.4, 0.5) is 18.9 Å². The molecule has 1 aliphatic rings. The predicted molar refractivity (Wildman–Crippen MR) is 135 cm³/mol. The number of pyridine rings is 1. The molecule has 1 aromatic carbocycles. The Hall–Kier alpha value is -4.03. The largest absolute Gasteiger partial charge is 0.475 e. The molecule has 4 heterocycles. The van der Waals surface area contributed by atoms with Crippen molar-refractivity contribution in [3.05, 3.63) is 71.2 Å². The number of nitrogens with one attached hydrogen (secondary N) is 1. The van der Waals surface area contributed by atoms with E-state index in [0.29, 0.717) is 29.1 Å². The summed E-state index contributed by atoms with van der Waals surface area (Å²) in [6.45, 7) is 7.13. The van der Waals surface area contributed by atoms with Gasteiger partial charge >= 0.3 is 6.18 Å². The Balaban J connectivity index is 1.48. The highest BCUT2D eigenvalue weighted by Crippen LogP contribution is 2.42. The Bertz CT molecular complexity index is 1550. The lowest BCUT2D eigenvalue weighted by Crippen LogP contribution is -2.25. The number of anilines is 1. The van der Waals surface area contributed by atoms with Crippen molar-refractivity contribution in [2.45, 2.75) is 45.8 Å². The first-order chi connectivity index (χ1) is 18.4. The number of carbonyl (C=O) groups is 1. The molecule has 1 aliphatic heterocycles. The molecule has 12 heteroatoms. The van der Waals surface area contributed by atoms with E-state index in [4.69, 9.17) is 14.2 Å². The van der Waals surface area contributed by atoms with Gasteiger partial charge in [0.25, 0.3) is 5.91 Å². The minimum Gasteiger partial charge on any atom is -0.475 e. The summed E-state index contributed by atoms with van der Waals surface area (Å²) in [4.78, 5) is 21.7. The van der Waals surface area contributed by atoms with Crippen molar-refractivity contribution >= 4 is 17.2 Å². The summed E-state index contributed by atoms with van der Waals surface area (Å²) in [7, 11) is 0. The fourth-order valence-electron chi connectivity index (χ4n) is 4.49. The highest BCUT2D eigenvalue weighted by Gasteiger charge is 2.38. The first kappa shape index (κ1) is 26.6. The van der Waals surface area contributed by atoms with Crippen LogP contribution in [0.2, 0.25) is 0 Å². The van der Waals surface area contributed by atoms with Crippen molar-refractivity contribution in [1.82, 2.24) is 19.6 Å². The molecule has 0 spiro atoms. The SMILES string of the molecule is Cc1c(-c2cccc(OC[C@H]3COC(C)(C)O3)n2)cc(NC(=O)c2cnc3cccnn23)c(C(F)(F)F)c1C. The van der Waals surface area contributed by atoms with Crippen LogP contribution >= 0.6 is 0 Å². The van der Waals surface area contributed by atoms with Gasteiger partial charge in [-0.15, -0.1) is 0 Å². The highest BCUT2D eigenvalue weighted by molar-refractivity contribution is 6.04. The van der Waals surface area contributed by atoms with Gasteiger partial charge in [-0.3, -0.25) is 4.79 Å². The standard InChI is InChI=1S/C27H26F3N5O4/c1-15-16(2)24(27(28,29)30)20(34-25(36)21-12-31-22-8-6-10-32-35(21)22)11-18(15)19-7-5-9-23(33-19)37-13-17-14-38-26(3,4)39-17/h5-12,17H,13-14H2,1-4H3,(H,34,36)/t17-/m0/s1. The maximum atomic E-state index is 14.2. The third kappa shape index (κ3) is 5.43. The zero-order valence-corrected chi connectivity index (χ0v) is 21.7. The van der Waals surface area contributed by atoms with Crippen LogP contribution < -0.4 is 10.1 Å². The van der Waals surface area contributed by atoms with Crippen LogP contribution in [-0.4, -0.2) is 50.6 Å². The van der Waals surface area contributed by atoms with Gasteiger partial charge in [0.15, 0.2) is 17.1 Å². The Morgan fingerprint density at radius 1 is 1.21 bits per heavy atom. The summed E-state index contributed by atoms with van der Waals surface area (Å²) in [6, 6.07) is 9.57. The van der Waals surface area contributed by atoms with Crippen molar-refractivity contribution in [2.24, 2.45) is 0 Å². The van der Waals surface area contributed by atoms with Crippen LogP contribution in [0.3, 0.4) is 0 Å². The molecule has 1 atom stereocenters. The van der Waals surface area contributed by atoms with Gasteiger partial charge < -0.3 is 19.5 Å². The first-order valence-electron chi connectivity index (χ1n) is 12.2. The topological polar surface area (TPSA) is 99.9 Å². The average Bonchev–Trinajstić information content (AvgIpc) is 3.47. The number of carbonyl (C=O) groups excluding carboxylic acids is 1. The molecule has 3 aromatic heterocycles. The van der Waals surface area contributed by atoms with Gasteiger partial charge in [0.2, 0.25) is 5.88 Å². The molecule has 4 aromatic rings. The molecule has 5 rings (SSSR count). The van der Waals surface area contributed by atoms with Crippen LogP contribution in [0.25, 0.3) is 16.9 Å². The van der Waals surface area contributed by atoms with Crippen LogP contribution in [0.15, 0.2) is 48.8 Å². The molecule has 9 nitrogen and oxygen atoms in total. The van der Waals surface area contributed by atoms with E-state index >= 15 is 0 Å². The minimum absolute atomic E-state index is 0.00619. The Morgan fingerprint density at radius 2 is 2.00 bits per heavy atom. The lowest BCUT2D eigenvalue weighted by atomic mass is 9.93. The zero-order valence-electron chi connectivity index (χ0n) is 21.7. The van der Waals surface area contributed by atoms with Crippen LogP contribution in [0.1, 0.15) is 41.0 Å². The van der Waals surface area contributed by atoms with Crippen molar-refractivity contribution in [3.63, 3.8) is 0 Å². The summed E-state index contributed by atoms with van der Waals surface area (Å²) < 4.78 is 60.9. The van der Waals surface area contributed by atoms with Gasteiger partial charge in [-0.05, 0) is 63.1 Å². The van der Waals surface area contributed by atoms with E-state index in [0.717, 1.165) is 0 Å². The molecule has 0 bridgehead atoms. The van der Waals surface area contributed by atoms with E-state index in [1.54, 1.807) is 37.3 Å². The smallest absolute Gasteiger partial charge is 0.418 e. The lowest BCUT2D eigenvalue weighted by Gasteiger charge is -2.21. The number of amides is 1. The second-order valence-electron chi connectivity index (χ2n) is 9.61. The summed E-state index contributed by atoms with van der Waals surface area (Å²) in [5.74, 6) is -1.20. The van der Waals surface area contributed by atoms with Crippen LogP contribution in [0, 0.1) is 13.8 Å². The van der Waals surface area contributed by atoms with Gasteiger partial charge in [-0.2, -0.15) is 18.3 Å². The molecule has 1 N–H and O–H groups in total. The normalized spacial score (nSPS) is 16.9. The van der Waals surface area contributed by atoms with E-state index in [-0.39, 0.29) is 29.8 Å². The summed E-state index contributed by atoms with van der Waals surface area (Å²) in [5, 5.41) is 6.49. The molecule has 0 saturated carbocycles. The van der Waals surface area contributed by atoms with E-state index in [2.05, 4.69) is 20.4 Å². The van der Waals surface area contributed by atoms with E-state index in [9.17, 15) is 18.0 Å². The zero-order chi connectivity index (χ0) is 27.9. The minimum atomic E-state index is -4.72. The lowest BCUT2D eigenvalue weighted by molar-refractivity contribution is -0.141. The number of rotatable bonds is 6.